The van der Waals surface area contributed by atoms with Gasteiger partial charge in [-0.3, -0.25) is 14.4 Å². The van der Waals surface area contributed by atoms with Crippen LogP contribution in [0.25, 0.3) is 0 Å². The minimum absolute atomic E-state index is 0. The fraction of sp³-hybridized carbons (Fsp3) is 0.400. The number of carbonyl (C=O) groups is 3. The topological polar surface area (TPSA) is 120 Å². The molecule has 0 aromatic carbocycles. The number of hydrogen-bond donors (Lipinski definition) is 0. The van der Waals surface area contributed by atoms with Gasteiger partial charge in [0.2, 0.25) is 0 Å². The van der Waals surface area contributed by atoms with E-state index in [9.17, 15) is 29.7 Å². The molecule has 8 heteroatoms. The van der Waals surface area contributed by atoms with Crippen molar-refractivity contribution in [3.05, 3.63) is 35.5 Å². The van der Waals surface area contributed by atoms with Gasteiger partial charge in [-0.25, -0.2) is 0 Å². The van der Waals surface area contributed by atoms with Crippen molar-refractivity contribution in [3.8, 4) is 0 Å². The van der Waals surface area contributed by atoms with Gasteiger partial charge in [-0.2, -0.15) is 0 Å². The van der Waals surface area contributed by atoms with Crippen molar-refractivity contribution in [1.82, 2.24) is 0 Å². The van der Waals surface area contributed by atoms with E-state index in [1.54, 1.807) is 0 Å². The van der Waals surface area contributed by atoms with E-state index in [-0.39, 0.29) is 107 Å². The Kier molecular flexibility index (Phi) is 32.8. The van der Waals surface area contributed by atoms with Crippen LogP contribution in [0.2, 0.25) is 0 Å². The van der Waals surface area contributed by atoms with Crippen molar-refractivity contribution in [1.29, 1.82) is 0 Å². The van der Waals surface area contributed by atoms with Crippen molar-refractivity contribution in [3.63, 3.8) is 0 Å². The zero-order valence-electron chi connectivity index (χ0n) is 14.5. The van der Waals surface area contributed by atoms with Crippen molar-refractivity contribution in [2.45, 2.75) is 41.5 Å². The van der Waals surface area contributed by atoms with E-state index < -0.39 is 0 Å². The summed E-state index contributed by atoms with van der Waals surface area (Å²) in [7, 11) is 0. The van der Waals surface area contributed by atoms with E-state index in [0.717, 1.165) is 18.2 Å². The van der Waals surface area contributed by atoms with Gasteiger partial charge in [-0.15, -0.1) is 17.3 Å². The van der Waals surface area contributed by atoms with Gasteiger partial charge in [-0.05, 0) is 39.0 Å². The average Bonchev–Trinajstić information content (AvgIpc) is 2.10. The Morgan fingerprint density at radius 3 is 0.696 bits per heavy atom. The molecule has 0 unspecified atom stereocenters. The van der Waals surface area contributed by atoms with Gasteiger partial charge in [0.25, 0.3) is 0 Å². The molecule has 128 valence electrons. The van der Waals surface area contributed by atoms with Crippen LogP contribution in [0.15, 0.2) is 35.5 Å². The van der Waals surface area contributed by atoms with Gasteiger partial charge < -0.3 is 15.3 Å². The van der Waals surface area contributed by atoms with Crippen molar-refractivity contribution < 1.29 is 102 Å². The molecule has 0 saturated carbocycles. The third kappa shape index (κ3) is 61.2. The number of rotatable bonds is 3. The van der Waals surface area contributed by atoms with Gasteiger partial charge in [-0.1, -0.05) is 20.8 Å². The third-order valence-corrected chi connectivity index (χ3v) is 1.22. The van der Waals surface area contributed by atoms with E-state index in [4.69, 9.17) is 0 Å². The van der Waals surface area contributed by atoms with E-state index in [1.807, 2.05) is 0 Å². The standard InChI is InChI=1S/3C5H8O2.K.Pt/c3*1-4(6)3-5(2)7;;/h3*3,6H,1-2H3;;/q;;;+1;+2/p-3/b2*4-3+;4-3-;;. The van der Waals surface area contributed by atoms with Crippen LogP contribution in [0, 0.1) is 0 Å². The molecule has 0 heterocycles. The van der Waals surface area contributed by atoms with Crippen molar-refractivity contribution >= 4 is 17.3 Å². The molecule has 0 N–H and O–H groups in total. The first kappa shape index (κ1) is 34.3. The summed E-state index contributed by atoms with van der Waals surface area (Å²) in [6, 6.07) is 0. The number of ketones is 3. The summed E-state index contributed by atoms with van der Waals surface area (Å²) in [5.41, 5.74) is 0. The first-order valence-corrected chi connectivity index (χ1v) is 5.96. The van der Waals surface area contributed by atoms with Crippen molar-refractivity contribution in [2.75, 3.05) is 0 Å². The summed E-state index contributed by atoms with van der Waals surface area (Å²) in [4.78, 5) is 29.9. The van der Waals surface area contributed by atoms with Crippen LogP contribution in [0.1, 0.15) is 41.5 Å². The molecule has 0 aliphatic heterocycles. The van der Waals surface area contributed by atoms with Gasteiger partial charge in [0.1, 0.15) is 0 Å². The molecule has 6 nitrogen and oxygen atoms in total. The van der Waals surface area contributed by atoms with Crippen LogP contribution in [-0.4, -0.2) is 17.3 Å². The molecule has 0 bridgehead atoms. The molecule has 0 aliphatic rings. The van der Waals surface area contributed by atoms with E-state index >= 15 is 0 Å². The number of hydrogen-bond acceptors (Lipinski definition) is 6. The maximum atomic E-state index is 9.98. The molecule has 0 aliphatic carbocycles. The molecule has 0 aromatic heterocycles. The summed E-state index contributed by atoms with van der Waals surface area (Å²) in [5, 5.41) is 29.9. The second-order valence-electron chi connectivity index (χ2n) is 4.10. The largest absolute Gasteiger partial charge is 2.00 e. The first-order chi connectivity index (χ1) is 9.38. The Morgan fingerprint density at radius 2 is 0.696 bits per heavy atom. The van der Waals surface area contributed by atoms with E-state index in [1.165, 1.54) is 41.5 Å². The van der Waals surface area contributed by atoms with E-state index in [0.29, 0.717) is 0 Å². The van der Waals surface area contributed by atoms with Crippen LogP contribution in [0.4, 0.5) is 0 Å². The summed E-state index contributed by atoms with van der Waals surface area (Å²) >= 11 is 0. The average molecular weight is 532 g/mol. The zero-order chi connectivity index (χ0) is 17.6. The second kappa shape index (κ2) is 22.0. The minimum Gasteiger partial charge on any atom is -0.876 e. The Hall–Kier alpha value is -0.0453. The molecule has 0 saturated heterocycles. The van der Waals surface area contributed by atoms with Gasteiger partial charge in [0, 0.05) is 0 Å². The molecular formula is C15H21KO6Pt. The molecule has 0 aromatic rings. The quantitative estimate of drug-likeness (QED) is 0.212. The molecular weight excluding hydrogens is 510 g/mol. The third-order valence-electron chi connectivity index (χ3n) is 1.22. The maximum Gasteiger partial charge on any atom is 2.00 e. The minimum atomic E-state index is -0.187. The molecule has 0 rings (SSSR count). The van der Waals surface area contributed by atoms with Crippen LogP contribution < -0.4 is 66.7 Å². The monoisotopic (exact) mass is 531 g/mol. The molecule has 0 spiro atoms. The van der Waals surface area contributed by atoms with Crippen LogP contribution in [-0.2, 0) is 35.4 Å². The predicted octanol–water partition coefficient (Wildman–Crippen LogP) is -3.48. The Labute approximate surface area is 194 Å². The summed E-state index contributed by atoms with van der Waals surface area (Å²) in [6.07, 6.45) is 3.17. The Morgan fingerprint density at radius 1 is 0.565 bits per heavy atom. The second-order valence-corrected chi connectivity index (χ2v) is 4.10. The van der Waals surface area contributed by atoms with Gasteiger partial charge >= 0.3 is 72.4 Å². The Bertz CT molecular complexity index is 374. The normalized spacial score (nSPS) is 10.4. The van der Waals surface area contributed by atoms with Crippen LogP contribution in [0.5, 0.6) is 0 Å². The SMILES string of the molecule is CC(=O)/C=C(/C)[O-].CC(=O)/C=C(\C)[O-].CC(=O)/C=C(\C)[O-].[K+].[Pt+2]. The van der Waals surface area contributed by atoms with Crippen LogP contribution >= 0.6 is 0 Å². The fourth-order valence-corrected chi connectivity index (χ4v) is 0.859. The molecule has 0 amide bonds. The molecule has 0 fully saturated rings. The van der Waals surface area contributed by atoms with E-state index in [2.05, 4.69) is 0 Å². The van der Waals surface area contributed by atoms with Crippen LogP contribution in [0.3, 0.4) is 0 Å². The maximum absolute atomic E-state index is 9.98. The molecule has 0 atom stereocenters. The summed E-state index contributed by atoms with van der Waals surface area (Å²) < 4.78 is 0. The molecule has 0 radical (unpaired) electrons. The van der Waals surface area contributed by atoms with Gasteiger partial charge in [0.05, 0.1) is 0 Å². The van der Waals surface area contributed by atoms with Crippen molar-refractivity contribution in [2.24, 2.45) is 0 Å². The number of carbonyl (C=O) groups excluding carboxylic acids is 3. The summed E-state index contributed by atoms with van der Waals surface area (Å²) in [6.45, 7) is 8.09. The number of allylic oxidation sites excluding steroid dienone is 6. The summed E-state index contributed by atoms with van der Waals surface area (Å²) in [5.74, 6) is -1.12. The first-order valence-electron chi connectivity index (χ1n) is 5.96. The molecule has 23 heavy (non-hydrogen) atoms. The van der Waals surface area contributed by atoms with Gasteiger partial charge in [0.15, 0.2) is 17.3 Å². The predicted molar refractivity (Wildman–Crippen MR) is 73.3 cm³/mol. The zero-order valence-corrected chi connectivity index (χ0v) is 19.9. The fourth-order valence-electron chi connectivity index (χ4n) is 0.859. The Balaban J connectivity index is -0.0000000675. The smallest absolute Gasteiger partial charge is 0.876 e.